The topological polar surface area (TPSA) is 0 Å². The minimum absolute atomic E-state index is 0.906. The molecule has 20 heavy (non-hydrogen) atoms. The van der Waals surface area contributed by atoms with Crippen molar-refractivity contribution in [3.63, 3.8) is 0 Å². The van der Waals surface area contributed by atoms with Crippen LogP contribution in [-0.4, -0.2) is 0 Å². The summed E-state index contributed by atoms with van der Waals surface area (Å²) in [6, 6.07) is 8.28. The lowest BCUT2D eigenvalue weighted by atomic mass is 9.71. The molecule has 2 aliphatic carbocycles. The van der Waals surface area contributed by atoms with E-state index in [-0.39, 0.29) is 0 Å². The van der Waals surface area contributed by atoms with Crippen molar-refractivity contribution in [2.75, 3.05) is 0 Å². The van der Waals surface area contributed by atoms with Gasteiger partial charge < -0.3 is 0 Å². The molecule has 2 aliphatic rings. The Balaban J connectivity index is 1.65. The van der Waals surface area contributed by atoms with E-state index in [1.54, 1.807) is 0 Å². The summed E-state index contributed by atoms with van der Waals surface area (Å²) >= 11 is 6.32. The van der Waals surface area contributed by atoms with Crippen molar-refractivity contribution in [1.29, 1.82) is 0 Å². The standard InChI is InChI=1S/C19H25Cl/c1-14-6-8-15(9-7-14)16-10-12-17(13-11-16)18-4-2-3-5-19(18)20/h2-5,12,14-16H,6-11,13H2,1H3. The molecule has 0 aliphatic heterocycles. The molecule has 1 fully saturated rings. The van der Waals surface area contributed by atoms with Gasteiger partial charge in [-0.25, -0.2) is 0 Å². The fourth-order valence-electron chi connectivity index (χ4n) is 4.01. The van der Waals surface area contributed by atoms with Crippen molar-refractivity contribution in [2.45, 2.75) is 51.9 Å². The van der Waals surface area contributed by atoms with E-state index in [0.29, 0.717) is 0 Å². The molecule has 108 valence electrons. The van der Waals surface area contributed by atoms with Gasteiger partial charge in [-0.15, -0.1) is 0 Å². The SMILES string of the molecule is CC1CCC(C2CC=C(c3ccccc3Cl)CC2)CC1. The summed E-state index contributed by atoms with van der Waals surface area (Å²) in [4.78, 5) is 0. The quantitative estimate of drug-likeness (QED) is 0.595. The molecule has 0 saturated heterocycles. The van der Waals surface area contributed by atoms with E-state index in [2.05, 4.69) is 25.1 Å². The Morgan fingerprint density at radius 3 is 2.35 bits per heavy atom. The molecule has 0 N–H and O–H groups in total. The number of halogens is 1. The average Bonchev–Trinajstić information content (AvgIpc) is 2.49. The third-order valence-electron chi connectivity index (χ3n) is 5.40. The summed E-state index contributed by atoms with van der Waals surface area (Å²) in [5.41, 5.74) is 2.72. The van der Waals surface area contributed by atoms with Crippen molar-refractivity contribution in [3.05, 3.63) is 40.9 Å². The first kappa shape index (κ1) is 14.2. The van der Waals surface area contributed by atoms with Crippen LogP contribution in [0.25, 0.3) is 5.57 Å². The molecule has 0 spiro atoms. The maximum absolute atomic E-state index is 6.32. The third kappa shape index (κ3) is 3.11. The van der Waals surface area contributed by atoms with Crippen LogP contribution < -0.4 is 0 Å². The van der Waals surface area contributed by atoms with Crippen molar-refractivity contribution in [3.8, 4) is 0 Å². The molecule has 1 unspecified atom stereocenters. The highest BCUT2D eigenvalue weighted by atomic mass is 35.5. The zero-order chi connectivity index (χ0) is 13.9. The molecule has 1 heteroatoms. The molecule has 1 aromatic carbocycles. The molecule has 0 heterocycles. The Bertz CT molecular complexity index is 480. The summed E-state index contributed by atoms with van der Waals surface area (Å²) in [6.45, 7) is 2.41. The number of allylic oxidation sites excluding steroid dienone is 2. The van der Waals surface area contributed by atoms with Crippen molar-refractivity contribution < 1.29 is 0 Å². The number of hydrogen-bond donors (Lipinski definition) is 0. The Kier molecular flexibility index (Phi) is 4.51. The first-order valence-electron chi connectivity index (χ1n) is 8.18. The number of rotatable bonds is 2. The van der Waals surface area contributed by atoms with Crippen LogP contribution in [0.15, 0.2) is 30.3 Å². The average molecular weight is 289 g/mol. The highest BCUT2D eigenvalue weighted by Gasteiger charge is 2.27. The van der Waals surface area contributed by atoms with Crippen LogP contribution in [0.3, 0.4) is 0 Å². The van der Waals surface area contributed by atoms with Gasteiger partial charge in [0.1, 0.15) is 0 Å². The maximum Gasteiger partial charge on any atom is 0.0481 e. The highest BCUT2D eigenvalue weighted by Crippen LogP contribution is 2.41. The van der Waals surface area contributed by atoms with Crippen molar-refractivity contribution in [1.82, 2.24) is 0 Å². The largest absolute Gasteiger partial charge is 0.0837 e. The van der Waals surface area contributed by atoms with Gasteiger partial charge in [-0.2, -0.15) is 0 Å². The van der Waals surface area contributed by atoms with E-state index < -0.39 is 0 Å². The first-order valence-corrected chi connectivity index (χ1v) is 8.55. The van der Waals surface area contributed by atoms with Gasteiger partial charge in [0, 0.05) is 5.02 Å². The molecule has 0 radical (unpaired) electrons. The Labute approximate surface area is 128 Å². The Morgan fingerprint density at radius 1 is 0.950 bits per heavy atom. The summed E-state index contributed by atoms with van der Waals surface area (Å²) in [6.07, 6.45) is 12.1. The van der Waals surface area contributed by atoms with Crippen LogP contribution in [0.5, 0.6) is 0 Å². The molecule has 3 rings (SSSR count). The van der Waals surface area contributed by atoms with Crippen LogP contribution in [0, 0.1) is 17.8 Å². The van der Waals surface area contributed by atoms with Gasteiger partial charge in [0.15, 0.2) is 0 Å². The van der Waals surface area contributed by atoms with E-state index in [4.69, 9.17) is 11.6 Å². The summed E-state index contributed by atoms with van der Waals surface area (Å²) < 4.78 is 0. The number of hydrogen-bond acceptors (Lipinski definition) is 0. The van der Waals surface area contributed by atoms with Crippen LogP contribution in [-0.2, 0) is 0 Å². The maximum atomic E-state index is 6.32. The fraction of sp³-hybridized carbons (Fsp3) is 0.579. The monoisotopic (exact) mass is 288 g/mol. The van der Waals surface area contributed by atoms with Gasteiger partial charge in [0.2, 0.25) is 0 Å². The summed E-state index contributed by atoms with van der Waals surface area (Å²) in [5.74, 6) is 2.87. The van der Waals surface area contributed by atoms with E-state index in [1.807, 2.05) is 12.1 Å². The normalized spacial score (nSPS) is 30.9. The van der Waals surface area contributed by atoms with Gasteiger partial charge >= 0.3 is 0 Å². The van der Waals surface area contributed by atoms with Gasteiger partial charge in [0.25, 0.3) is 0 Å². The van der Waals surface area contributed by atoms with Gasteiger partial charge in [-0.3, -0.25) is 0 Å². The summed E-state index contributed by atoms with van der Waals surface area (Å²) in [7, 11) is 0. The van der Waals surface area contributed by atoms with E-state index in [1.165, 1.54) is 56.1 Å². The van der Waals surface area contributed by atoms with Crippen LogP contribution >= 0.6 is 11.6 Å². The summed E-state index contributed by atoms with van der Waals surface area (Å²) in [5, 5.41) is 0.906. The Morgan fingerprint density at radius 2 is 1.70 bits per heavy atom. The minimum Gasteiger partial charge on any atom is -0.0837 e. The lowest BCUT2D eigenvalue weighted by molar-refractivity contribution is 0.202. The molecular formula is C19H25Cl. The smallest absolute Gasteiger partial charge is 0.0481 e. The lowest BCUT2D eigenvalue weighted by Gasteiger charge is -2.34. The zero-order valence-electron chi connectivity index (χ0n) is 12.4. The van der Waals surface area contributed by atoms with Gasteiger partial charge in [-0.05, 0) is 67.1 Å². The Hall–Kier alpha value is -0.750. The second kappa shape index (κ2) is 6.35. The second-order valence-corrected chi connectivity index (χ2v) is 7.17. The van der Waals surface area contributed by atoms with Crippen molar-refractivity contribution in [2.24, 2.45) is 17.8 Å². The van der Waals surface area contributed by atoms with Gasteiger partial charge in [-0.1, -0.05) is 55.6 Å². The molecule has 1 aromatic rings. The molecule has 1 saturated carbocycles. The fourth-order valence-corrected chi connectivity index (χ4v) is 4.26. The van der Waals surface area contributed by atoms with E-state index in [9.17, 15) is 0 Å². The highest BCUT2D eigenvalue weighted by molar-refractivity contribution is 6.32. The predicted octanol–water partition coefficient (Wildman–Crippen LogP) is 6.35. The number of benzene rings is 1. The van der Waals surface area contributed by atoms with Crippen molar-refractivity contribution >= 4 is 17.2 Å². The third-order valence-corrected chi connectivity index (χ3v) is 5.73. The van der Waals surface area contributed by atoms with E-state index >= 15 is 0 Å². The minimum atomic E-state index is 0.906. The second-order valence-electron chi connectivity index (χ2n) is 6.76. The zero-order valence-corrected chi connectivity index (χ0v) is 13.2. The lowest BCUT2D eigenvalue weighted by Crippen LogP contribution is -2.22. The van der Waals surface area contributed by atoms with Crippen LogP contribution in [0.2, 0.25) is 5.02 Å². The van der Waals surface area contributed by atoms with Crippen LogP contribution in [0.1, 0.15) is 57.4 Å². The van der Waals surface area contributed by atoms with E-state index in [0.717, 1.165) is 22.8 Å². The van der Waals surface area contributed by atoms with Crippen LogP contribution in [0.4, 0.5) is 0 Å². The molecule has 1 atom stereocenters. The first-order chi connectivity index (χ1) is 9.74. The van der Waals surface area contributed by atoms with Gasteiger partial charge in [0.05, 0.1) is 0 Å². The molecule has 0 amide bonds. The molecular weight excluding hydrogens is 264 g/mol. The predicted molar refractivity (Wildman–Crippen MR) is 87.9 cm³/mol. The molecule has 0 nitrogen and oxygen atoms in total. The molecule has 0 bridgehead atoms. The molecule has 0 aromatic heterocycles.